The molecule has 0 aliphatic carbocycles. The van der Waals surface area contributed by atoms with Crippen molar-refractivity contribution >= 4 is 65.3 Å². The standard InChI is InChI=1S/C27H41N7O17/c28-12(1-5-19(38)39)23(46)29-9-18(37)32-16(11-35)24(47)30-10-17(36)31-13(2-6-20(40)41)25(48)33-14(3-7-21(42)43)26(49)34-15(27(50)51)4-8-22(44)45/h12-16,35H,1-11,28H2,(H,29,46)(H,30,47)(H,31,36)(H,32,37)(H,33,48)(H,34,49)(H,38,39)(H,40,41)(H,42,43)(H,44,45)(H,50,51)/t12-,13-,14-,15-,16-/m0/s1. The summed E-state index contributed by atoms with van der Waals surface area (Å²) in [5.74, 6) is -13.6. The lowest BCUT2D eigenvalue weighted by molar-refractivity contribution is -0.144. The molecule has 0 aliphatic heterocycles. The molecule has 0 saturated heterocycles. The lowest BCUT2D eigenvalue weighted by Crippen LogP contribution is -2.57. The van der Waals surface area contributed by atoms with Gasteiger partial charge in [0.15, 0.2) is 0 Å². The number of nitrogens with one attached hydrogen (secondary N) is 6. The number of rotatable bonds is 26. The number of hydrogen-bond acceptors (Lipinski definition) is 13. The van der Waals surface area contributed by atoms with Gasteiger partial charge in [0.25, 0.3) is 0 Å². The van der Waals surface area contributed by atoms with Crippen LogP contribution in [0, 0.1) is 0 Å². The number of carboxylic acid groups (broad SMARTS) is 5. The van der Waals surface area contributed by atoms with Gasteiger partial charge in [-0.2, -0.15) is 0 Å². The topological polar surface area (TPSA) is 407 Å². The smallest absolute Gasteiger partial charge is 0.326 e. The molecule has 0 radical (unpaired) electrons. The number of amides is 6. The molecule has 0 aromatic heterocycles. The van der Waals surface area contributed by atoms with Gasteiger partial charge in [0.05, 0.1) is 25.7 Å². The van der Waals surface area contributed by atoms with Crippen molar-refractivity contribution in [2.45, 2.75) is 81.6 Å². The van der Waals surface area contributed by atoms with Crippen LogP contribution < -0.4 is 37.6 Å². The second-order valence-corrected chi connectivity index (χ2v) is 10.7. The van der Waals surface area contributed by atoms with E-state index >= 15 is 0 Å². The van der Waals surface area contributed by atoms with Gasteiger partial charge in [-0.05, 0) is 25.7 Å². The molecule has 0 fully saturated rings. The minimum atomic E-state index is -1.75. The highest BCUT2D eigenvalue weighted by Gasteiger charge is 2.31. The number of carboxylic acids is 5. The molecule has 0 bridgehead atoms. The van der Waals surface area contributed by atoms with Crippen LogP contribution in [-0.2, 0) is 52.7 Å². The zero-order valence-electron chi connectivity index (χ0n) is 26.9. The summed E-state index contributed by atoms with van der Waals surface area (Å²) in [6.45, 7) is -2.63. The van der Waals surface area contributed by atoms with Crippen molar-refractivity contribution in [1.29, 1.82) is 0 Å². The predicted octanol–water partition coefficient (Wildman–Crippen LogP) is -5.98. The largest absolute Gasteiger partial charge is 0.481 e. The maximum Gasteiger partial charge on any atom is 0.326 e. The molecule has 286 valence electrons. The zero-order valence-corrected chi connectivity index (χ0v) is 26.9. The summed E-state index contributed by atoms with van der Waals surface area (Å²) in [6, 6.07) is -8.12. The Balaban J connectivity index is 5.47. The first-order valence-electron chi connectivity index (χ1n) is 15.0. The van der Waals surface area contributed by atoms with Gasteiger partial charge in [0, 0.05) is 25.7 Å². The Morgan fingerprint density at radius 3 is 1.22 bits per heavy atom. The van der Waals surface area contributed by atoms with Gasteiger partial charge in [-0.1, -0.05) is 0 Å². The van der Waals surface area contributed by atoms with E-state index in [9.17, 15) is 63.0 Å². The molecule has 6 amide bonds. The third kappa shape index (κ3) is 20.3. The molecule has 14 N–H and O–H groups in total. The number of carbonyl (C=O) groups is 11. The minimum absolute atomic E-state index is 0.227. The number of nitrogens with two attached hydrogens (primary N) is 1. The van der Waals surface area contributed by atoms with Gasteiger partial charge in [-0.15, -0.1) is 0 Å². The fourth-order valence-corrected chi connectivity index (χ4v) is 3.83. The van der Waals surface area contributed by atoms with Gasteiger partial charge in [-0.3, -0.25) is 47.9 Å². The minimum Gasteiger partial charge on any atom is -0.481 e. The monoisotopic (exact) mass is 735 g/mol. The molecule has 0 unspecified atom stereocenters. The molecule has 24 heteroatoms. The first-order chi connectivity index (χ1) is 23.8. The summed E-state index contributed by atoms with van der Waals surface area (Å²) in [5, 5.41) is 66.8. The first kappa shape index (κ1) is 45.1. The molecule has 0 aromatic rings. The van der Waals surface area contributed by atoms with Crippen LogP contribution in [-0.4, -0.2) is 146 Å². The van der Waals surface area contributed by atoms with Gasteiger partial charge in [0.1, 0.15) is 24.2 Å². The highest BCUT2D eigenvalue weighted by molar-refractivity contribution is 5.96. The van der Waals surface area contributed by atoms with E-state index in [-0.39, 0.29) is 6.42 Å². The zero-order chi connectivity index (χ0) is 39.3. The molecular formula is C27H41N7O17. The van der Waals surface area contributed by atoms with Gasteiger partial charge in [-0.25, -0.2) is 4.79 Å². The number of aliphatic hydroxyl groups is 1. The Bertz CT molecular complexity index is 1320. The van der Waals surface area contributed by atoms with Crippen molar-refractivity contribution in [3.63, 3.8) is 0 Å². The second kappa shape index (κ2) is 23.4. The van der Waals surface area contributed by atoms with Gasteiger partial charge >= 0.3 is 29.8 Å². The van der Waals surface area contributed by atoms with E-state index in [4.69, 9.17) is 26.2 Å². The predicted molar refractivity (Wildman–Crippen MR) is 164 cm³/mol. The average Bonchev–Trinajstić information content (AvgIpc) is 3.04. The van der Waals surface area contributed by atoms with Crippen molar-refractivity contribution in [3.05, 3.63) is 0 Å². The van der Waals surface area contributed by atoms with Crippen LogP contribution in [0.25, 0.3) is 0 Å². The summed E-state index contributed by atoms with van der Waals surface area (Å²) in [4.78, 5) is 130. The molecule has 0 saturated carbocycles. The lowest BCUT2D eigenvalue weighted by Gasteiger charge is -2.24. The van der Waals surface area contributed by atoms with Crippen molar-refractivity contribution < 1.29 is 83.4 Å². The van der Waals surface area contributed by atoms with E-state index in [1.807, 2.05) is 10.6 Å². The highest BCUT2D eigenvalue weighted by atomic mass is 16.4. The summed E-state index contributed by atoms with van der Waals surface area (Å²) < 4.78 is 0. The van der Waals surface area contributed by atoms with Crippen LogP contribution in [0.2, 0.25) is 0 Å². The van der Waals surface area contributed by atoms with Crippen molar-refractivity contribution in [2.75, 3.05) is 19.7 Å². The molecule has 0 aliphatic rings. The van der Waals surface area contributed by atoms with E-state index in [0.29, 0.717) is 0 Å². The van der Waals surface area contributed by atoms with Gasteiger partial charge < -0.3 is 68.3 Å². The van der Waals surface area contributed by atoms with Crippen molar-refractivity contribution in [2.24, 2.45) is 5.73 Å². The Morgan fingerprint density at radius 1 is 0.451 bits per heavy atom. The number of hydrogen-bond donors (Lipinski definition) is 13. The second-order valence-electron chi connectivity index (χ2n) is 10.7. The Morgan fingerprint density at radius 2 is 0.804 bits per heavy atom. The molecule has 51 heavy (non-hydrogen) atoms. The normalized spacial score (nSPS) is 13.5. The molecule has 24 nitrogen and oxygen atoms in total. The third-order valence-corrected chi connectivity index (χ3v) is 6.53. The Hall–Kier alpha value is -5.91. The SMILES string of the molecule is N[C@@H](CCC(=O)O)C(=O)NCC(=O)N[C@@H](CO)C(=O)NCC(=O)N[C@@H](CCC(=O)O)C(=O)N[C@@H](CCC(=O)O)C(=O)N[C@@H](CCC(=O)O)C(=O)O. The van der Waals surface area contributed by atoms with Crippen LogP contribution in [0.1, 0.15) is 51.4 Å². The average molecular weight is 736 g/mol. The number of aliphatic carboxylic acids is 5. The van der Waals surface area contributed by atoms with E-state index in [1.54, 1.807) is 0 Å². The molecule has 0 aromatic carbocycles. The summed E-state index contributed by atoms with van der Waals surface area (Å²) in [5.41, 5.74) is 5.51. The van der Waals surface area contributed by atoms with Crippen LogP contribution in [0.3, 0.4) is 0 Å². The molecule has 5 atom stereocenters. The lowest BCUT2D eigenvalue weighted by atomic mass is 10.1. The Kier molecular flexibility index (Phi) is 20.7. The summed E-state index contributed by atoms with van der Waals surface area (Å²) >= 11 is 0. The van der Waals surface area contributed by atoms with Crippen molar-refractivity contribution in [1.82, 2.24) is 31.9 Å². The van der Waals surface area contributed by atoms with Crippen LogP contribution in [0.4, 0.5) is 0 Å². The fraction of sp³-hybridized carbons (Fsp3) is 0.593. The van der Waals surface area contributed by atoms with Crippen LogP contribution in [0.15, 0.2) is 0 Å². The van der Waals surface area contributed by atoms with E-state index in [2.05, 4.69) is 21.3 Å². The molecule has 0 rings (SSSR count). The van der Waals surface area contributed by atoms with Crippen LogP contribution >= 0.6 is 0 Å². The third-order valence-electron chi connectivity index (χ3n) is 6.53. The highest BCUT2D eigenvalue weighted by Crippen LogP contribution is 2.06. The maximum atomic E-state index is 13.0. The van der Waals surface area contributed by atoms with Gasteiger partial charge in [0.2, 0.25) is 35.4 Å². The number of carbonyl (C=O) groups excluding carboxylic acids is 6. The number of aliphatic hydroxyl groups excluding tert-OH is 1. The molecular weight excluding hydrogens is 694 g/mol. The summed E-state index contributed by atoms with van der Waals surface area (Å²) in [6.07, 6.45) is -4.51. The van der Waals surface area contributed by atoms with Crippen LogP contribution in [0.5, 0.6) is 0 Å². The molecule has 0 heterocycles. The first-order valence-corrected chi connectivity index (χ1v) is 15.0. The quantitative estimate of drug-likeness (QED) is 0.0393. The van der Waals surface area contributed by atoms with E-state index < -0.39 is 160 Å². The van der Waals surface area contributed by atoms with E-state index in [0.717, 1.165) is 0 Å². The van der Waals surface area contributed by atoms with Crippen molar-refractivity contribution in [3.8, 4) is 0 Å². The maximum absolute atomic E-state index is 13.0. The Labute approximate surface area is 287 Å². The van der Waals surface area contributed by atoms with E-state index in [1.165, 1.54) is 0 Å². The fourth-order valence-electron chi connectivity index (χ4n) is 3.83. The molecule has 0 spiro atoms. The summed E-state index contributed by atoms with van der Waals surface area (Å²) in [7, 11) is 0.